The highest BCUT2D eigenvalue weighted by Gasteiger charge is 2.14. The third-order valence-corrected chi connectivity index (χ3v) is 4.26. The number of para-hydroxylation sites is 1. The van der Waals surface area contributed by atoms with E-state index >= 15 is 0 Å². The molecule has 0 atom stereocenters. The van der Waals surface area contributed by atoms with Crippen LogP contribution in [0, 0.1) is 5.82 Å². The van der Waals surface area contributed by atoms with E-state index in [4.69, 9.17) is 0 Å². The van der Waals surface area contributed by atoms with Crippen molar-refractivity contribution in [2.75, 3.05) is 5.43 Å². The molecule has 1 aromatic heterocycles. The van der Waals surface area contributed by atoms with Crippen molar-refractivity contribution >= 4 is 16.8 Å². The molecule has 3 rings (SSSR count). The summed E-state index contributed by atoms with van der Waals surface area (Å²) in [5.41, 5.74) is 4.68. The molecule has 134 valence electrons. The van der Waals surface area contributed by atoms with Gasteiger partial charge >= 0.3 is 0 Å². The summed E-state index contributed by atoms with van der Waals surface area (Å²) in [5, 5.41) is 0.476. The monoisotopic (exact) mass is 353 g/mol. The second-order valence-electron chi connectivity index (χ2n) is 6.03. The zero-order valence-corrected chi connectivity index (χ0v) is 14.8. The van der Waals surface area contributed by atoms with Crippen LogP contribution in [0.4, 0.5) is 4.39 Å². The maximum Gasteiger partial charge on any atom is 0.280 e. The molecule has 0 spiro atoms. The maximum absolute atomic E-state index is 13.0. The molecule has 1 amide bonds. The topological polar surface area (TPSA) is 64.0 Å². The van der Waals surface area contributed by atoms with Crippen molar-refractivity contribution in [1.82, 2.24) is 9.66 Å². The Morgan fingerprint density at radius 1 is 1.12 bits per heavy atom. The summed E-state index contributed by atoms with van der Waals surface area (Å²) < 4.78 is 14.2. The molecule has 0 aliphatic rings. The van der Waals surface area contributed by atoms with Crippen LogP contribution in [-0.4, -0.2) is 15.6 Å². The Kier molecular flexibility index (Phi) is 5.11. The van der Waals surface area contributed by atoms with Crippen molar-refractivity contribution in [1.29, 1.82) is 0 Å². The molecular weight excluding hydrogens is 333 g/mol. The summed E-state index contributed by atoms with van der Waals surface area (Å²) in [6.45, 7) is 3.89. The van der Waals surface area contributed by atoms with Gasteiger partial charge in [-0.15, -0.1) is 0 Å². The number of halogens is 1. The third-order valence-electron chi connectivity index (χ3n) is 4.26. The number of fused-ring (bicyclic) bond motifs is 1. The average Bonchev–Trinajstić information content (AvgIpc) is 2.65. The molecule has 1 N–H and O–H groups in total. The normalized spacial score (nSPS) is 10.9. The van der Waals surface area contributed by atoms with E-state index in [9.17, 15) is 14.0 Å². The average molecular weight is 353 g/mol. The van der Waals surface area contributed by atoms with E-state index in [1.54, 1.807) is 18.2 Å². The lowest BCUT2D eigenvalue weighted by molar-refractivity contribution is -0.116. The zero-order chi connectivity index (χ0) is 18.7. The summed E-state index contributed by atoms with van der Waals surface area (Å²) in [6, 6.07) is 11.2. The quantitative estimate of drug-likeness (QED) is 0.767. The Hall–Kier alpha value is -3.02. The van der Waals surface area contributed by atoms with E-state index in [0.29, 0.717) is 28.7 Å². The number of rotatable bonds is 5. The zero-order valence-electron chi connectivity index (χ0n) is 14.8. The van der Waals surface area contributed by atoms with Gasteiger partial charge in [0.05, 0.1) is 17.3 Å². The van der Waals surface area contributed by atoms with Crippen LogP contribution in [-0.2, 0) is 24.1 Å². The second kappa shape index (κ2) is 7.47. The minimum absolute atomic E-state index is 0.0446. The summed E-state index contributed by atoms with van der Waals surface area (Å²) in [4.78, 5) is 29.8. The number of amides is 1. The van der Waals surface area contributed by atoms with Gasteiger partial charge in [-0.3, -0.25) is 15.0 Å². The van der Waals surface area contributed by atoms with Crippen LogP contribution in [0.2, 0.25) is 0 Å². The first-order chi connectivity index (χ1) is 12.5. The molecule has 5 nitrogen and oxygen atoms in total. The Bertz CT molecular complexity index is 1010. The number of nitrogens with zero attached hydrogens (tertiary/aromatic N) is 2. The molecule has 0 aliphatic carbocycles. The molecule has 0 saturated carbocycles. The summed E-state index contributed by atoms with van der Waals surface area (Å²) in [6.07, 6.45) is 1.32. The van der Waals surface area contributed by atoms with Crippen LogP contribution in [0.15, 0.2) is 47.3 Å². The molecule has 0 unspecified atom stereocenters. The van der Waals surface area contributed by atoms with Crippen molar-refractivity contribution < 1.29 is 9.18 Å². The van der Waals surface area contributed by atoms with Crippen molar-refractivity contribution in [3.63, 3.8) is 0 Å². The van der Waals surface area contributed by atoms with E-state index in [2.05, 4.69) is 10.4 Å². The lowest BCUT2D eigenvalue weighted by Crippen LogP contribution is -2.37. The van der Waals surface area contributed by atoms with Gasteiger partial charge in [0.15, 0.2) is 0 Å². The molecule has 2 aromatic carbocycles. The number of carbonyl (C=O) groups is 1. The SMILES string of the molecule is CCc1cccc2c(=O)n(NC(=O)Cc3ccc(F)cc3)c(CC)nc12. The van der Waals surface area contributed by atoms with Gasteiger partial charge in [-0.05, 0) is 35.7 Å². The molecule has 26 heavy (non-hydrogen) atoms. The van der Waals surface area contributed by atoms with Gasteiger partial charge in [-0.2, -0.15) is 0 Å². The predicted octanol–water partition coefficient (Wildman–Crippen LogP) is 2.97. The fourth-order valence-corrected chi connectivity index (χ4v) is 2.90. The Morgan fingerprint density at radius 2 is 1.85 bits per heavy atom. The number of hydrogen-bond donors (Lipinski definition) is 1. The molecule has 0 bridgehead atoms. The van der Waals surface area contributed by atoms with E-state index in [-0.39, 0.29) is 23.7 Å². The number of hydrogen-bond acceptors (Lipinski definition) is 3. The van der Waals surface area contributed by atoms with Gasteiger partial charge in [0.1, 0.15) is 11.6 Å². The molecule has 3 aromatic rings. The van der Waals surface area contributed by atoms with Gasteiger partial charge < -0.3 is 0 Å². The lowest BCUT2D eigenvalue weighted by atomic mass is 10.1. The second-order valence-corrected chi connectivity index (χ2v) is 6.03. The first-order valence-electron chi connectivity index (χ1n) is 8.61. The predicted molar refractivity (Wildman–Crippen MR) is 99.2 cm³/mol. The van der Waals surface area contributed by atoms with Gasteiger partial charge in [0.2, 0.25) is 5.91 Å². The Balaban J connectivity index is 1.96. The molecular formula is C20H20FN3O2. The first-order valence-corrected chi connectivity index (χ1v) is 8.61. The minimum atomic E-state index is -0.360. The van der Waals surface area contributed by atoms with Gasteiger partial charge in [0.25, 0.3) is 5.56 Å². The van der Waals surface area contributed by atoms with Crippen LogP contribution in [0.25, 0.3) is 10.9 Å². The van der Waals surface area contributed by atoms with Crippen molar-refractivity contribution in [2.24, 2.45) is 0 Å². The lowest BCUT2D eigenvalue weighted by Gasteiger charge is -2.14. The molecule has 6 heteroatoms. The van der Waals surface area contributed by atoms with E-state index < -0.39 is 0 Å². The summed E-state index contributed by atoms with van der Waals surface area (Å²) >= 11 is 0. The van der Waals surface area contributed by atoms with E-state index in [1.807, 2.05) is 26.0 Å². The van der Waals surface area contributed by atoms with Gasteiger partial charge in [-0.25, -0.2) is 14.1 Å². The van der Waals surface area contributed by atoms with Gasteiger partial charge in [0, 0.05) is 6.42 Å². The summed E-state index contributed by atoms with van der Waals surface area (Å²) in [5.74, 6) is -0.221. The smallest absolute Gasteiger partial charge is 0.273 e. The molecule has 0 saturated heterocycles. The molecule has 0 aliphatic heterocycles. The van der Waals surface area contributed by atoms with Crippen molar-refractivity contribution in [3.8, 4) is 0 Å². The fourth-order valence-electron chi connectivity index (χ4n) is 2.90. The molecule has 0 radical (unpaired) electrons. The number of nitrogens with one attached hydrogen (secondary N) is 1. The first kappa shape index (κ1) is 17.8. The number of aromatic nitrogens is 2. The van der Waals surface area contributed by atoms with E-state index in [1.165, 1.54) is 16.8 Å². The van der Waals surface area contributed by atoms with Crippen LogP contribution in [0.3, 0.4) is 0 Å². The largest absolute Gasteiger partial charge is 0.280 e. The highest BCUT2D eigenvalue weighted by atomic mass is 19.1. The highest BCUT2D eigenvalue weighted by Crippen LogP contribution is 2.15. The standard InChI is InChI=1S/C20H20FN3O2/c1-3-14-6-5-7-16-19(14)22-17(4-2)24(20(16)26)23-18(25)12-13-8-10-15(21)11-9-13/h5-11H,3-4,12H2,1-2H3,(H,23,25). The van der Waals surface area contributed by atoms with Crippen LogP contribution in [0.5, 0.6) is 0 Å². The van der Waals surface area contributed by atoms with Crippen LogP contribution >= 0.6 is 0 Å². The Labute approximate surface area is 150 Å². The molecule has 1 heterocycles. The minimum Gasteiger partial charge on any atom is -0.273 e. The van der Waals surface area contributed by atoms with Gasteiger partial charge in [-0.1, -0.05) is 38.1 Å². The third kappa shape index (κ3) is 3.49. The van der Waals surface area contributed by atoms with Crippen molar-refractivity contribution in [2.45, 2.75) is 33.1 Å². The van der Waals surface area contributed by atoms with E-state index in [0.717, 1.165) is 12.0 Å². The number of aryl methyl sites for hydroxylation is 2. The number of carbonyl (C=O) groups excluding carboxylic acids is 1. The summed E-state index contributed by atoms with van der Waals surface area (Å²) in [7, 11) is 0. The fraction of sp³-hybridized carbons (Fsp3) is 0.250. The van der Waals surface area contributed by atoms with Crippen LogP contribution < -0.4 is 11.0 Å². The Morgan fingerprint density at radius 3 is 2.50 bits per heavy atom. The van der Waals surface area contributed by atoms with Crippen molar-refractivity contribution in [3.05, 3.63) is 75.6 Å². The number of benzene rings is 2. The van der Waals surface area contributed by atoms with Crippen LogP contribution in [0.1, 0.15) is 30.8 Å². The maximum atomic E-state index is 13.0. The highest BCUT2D eigenvalue weighted by molar-refractivity contribution is 5.87. The molecule has 0 fully saturated rings.